The predicted molar refractivity (Wildman–Crippen MR) is 73.5 cm³/mol. The van der Waals surface area contributed by atoms with Crippen molar-refractivity contribution in [2.24, 2.45) is 5.92 Å². The third-order valence-electron chi connectivity index (χ3n) is 2.16. The lowest BCUT2D eigenvalue weighted by Crippen LogP contribution is -2.20. The van der Waals surface area contributed by atoms with Crippen LogP contribution in [-0.2, 0) is 19.4 Å². The summed E-state index contributed by atoms with van der Waals surface area (Å²) < 4.78 is 0. The molecule has 0 saturated heterocycles. The molecular weight excluding hydrogens is 248 g/mol. The molecule has 0 aliphatic heterocycles. The number of carboxylic acid groups (broad SMARTS) is 1. The van der Waals surface area contributed by atoms with E-state index in [-0.39, 0.29) is 5.92 Å². The van der Waals surface area contributed by atoms with Crippen LogP contribution in [0.5, 0.6) is 0 Å². The molecule has 1 atom stereocenters. The molecule has 5 nitrogen and oxygen atoms in total. The topological polar surface area (TPSA) is 72.8 Å². The van der Waals surface area contributed by atoms with Gasteiger partial charge in [-0.3, -0.25) is 9.68 Å². The van der Waals surface area contributed by atoms with Crippen LogP contribution in [0.3, 0.4) is 0 Å². The Bertz CT molecular complexity index is 255. The van der Waals surface area contributed by atoms with Crippen molar-refractivity contribution in [1.82, 2.24) is 0 Å². The molecule has 0 radical (unpaired) electrons. The van der Waals surface area contributed by atoms with Gasteiger partial charge in [-0.2, -0.15) is 4.89 Å². The number of carbonyl (C=O) groups excluding carboxylic acids is 1. The van der Waals surface area contributed by atoms with Gasteiger partial charge in [-0.25, -0.2) is 4.79 Å². The zero-order chi connectivity index (χ0) is 15.5. The SMILES string of the molecule is CC(=O)OOC(C)(C)C.CCCCC(CC)C(=O)O. The van der Waals surface area contributed by atoms with Gasteiger partial charge in [0.25, 0.3) is 0 Å². The highest BCUT2D eigenvalue weighted by molar-refractivity contribution is 5.69. The highest BCUT2D eigenvalue weighted by Crippen LogP contribution is 2.11. The van der Waals surface area contributed by atoms with Gasteiger partial charge >= 0.3 is 11.9 Å². The number of carboxylic acids is 1. The standard InChI is InChI=1S/C8H16O2.C6H12O3/c1-3-5-6-7(4-2)8(9)10;1-5(7)8-9-6(2,3)4/h7H,3-6H2,1-2H3,(H,9,10);1-4H3. The van der Waals surface area contributed by atoms with E-state index in [1.807, 2.05) is 6.92 Å². The molecule has 0 aliphatic carbocycles. The monoisotopic (exact) mass is 276 g/mol. The van der Waals surface area contributed by atoms with Crippen molar-refractivity contribution in [2.45, 2.75) is 72.8 Å². The second-order valence-corrected chi connectivity index (χ2v) is 5.36. The predicted octanol–water partition coefficient (Wildman–Crippen LogP) is 3.57. The van der Waals surface area contributed by atoms with E-state index < -0.39 is 17.5 Å². The Morgan fingerprint density at radius 3 is 1.95 bits per heavy atom. The molecule has 1 N–H and O–H groups in total. The highest BCUT2D eigenvalue weighted by atomic mass is 17.2. The Balaban J connectivity index is 0. The van der Waals surface area contributed by atoms with Crippen LogP contribution in [0.25, 0.3) is 0 Å². The van der Waals surface area contributed by atoms with Gasteiger partial charge in [-0.15, -0.1) is 0 Å². The van der Waals surface area contributed by atoms with Crippen molar-refractivity contribution in [3.8, 4) is 0 Å². The number of carbonyl (C=O) groups is 2. The minimum absolute atomic E-state index is 0.111. The molecule has 0 bridgehead atoms. The molecule has 0 spiro atoms. The summed E-state index contributed by atoms with van der Waals surface area (Å²) in [5.41, 5.74) is -0.411. The Kier molecular flexibility index (Phi) is 11.5. The molecular formula is C14H28O5. The highest BCUT2D eigenvalue weighted by Gasteiger charge is 2.13. The molecule has 0 saturated carbocycles. The van der Waals surface area contributed by atoms with Crippen molar-refractivity contribution in [2.75, 3.05) is 0 Å². The van der Waals surface area contributed by atoms with Crippen LogP contribution in [0.1, 0.15) is 67.2 Å². The first-order valence-corrected chi connectivity index (χ1v) is 6.73. The summed E-state index contributed by atoms with van der Waals surface area (Å²) in [4.78, 5) is 29.5. The third kappa shape index (κ3) is 16.9. The summed E-state index contributed by atoms with van der Waals surface area (Å²) in [6.07, 6.45) is 3.71. The van der Waals surface area contributed by atoms with E-state index in [1.165, 1.54) is 6.92 Å². The van der Waals surface area contributed by atoms with Gasteiger partial charge in [-0.05, 0) is 33.6 Å². The first-order chi connectivity index (χ1) is 8.64. The molecule has 1 unspecified atom stereocenters. The minimum Gasteiger partial charge on any atom is -0.481 e. The summed E-state index contributed by atoms with van der Waals surface area (Å²) >= 11 is 0. The van der Waals surface area contributed by atoms with Gasteiger partial charge in [0.1, 0.15) is 5.60 Å². The van der Waals surface area contributed by atoms with Crippen molar-refractivity contribution in [3.63, 3.8) is 0 Å². The molecule has 0 fully saturated rings. The van der Waals surface area contributed by atoms with E-state index in [0.29, 0.717) is 0 Å². The third-order valence-corrected chi connectivity index (χ3v) is 2.16. The molecule has 19 heavy (non-hydrogen) atoms. The maximum absolute atomic E-state index is 10.4. The summed E-state index contributed by atoms with van der Waals surface area (Å²) in [5.74, 6) is -1.18. The second kappa shape index (κ2) is 10.8. The summed E-state index contributed by atoms with van der Waals surface area (Å²) in [7, 11) is 0. The fraction of sp³-hybridized carbons (Fsp3) is 0.857. The van der Waals surface area contributed by atoms with Crippen molar-refractivity contribution >= 4 is 11.9 Å². The number of unbranched alkanes of at least 4 members (excludes halogenated alkanes) is 1. The van der Waals surface area contributed by atoms with Crippen LogP contribution in [0.2, 0.25) is 0 Å². The molecule has 0 aromatic heterocycles. The van der Waals surface area contributed by atoms with Crippen LogP contribution in [0.15, 0.2) is 0 Å². The normalized spacial score (nSPS) is 12.1. The molecule has 5 heteroatoms. The van der Waals surface area contributed by atoms with E-state index in [2.05, 4.69) is 16.7 Å². The van der Waals surface area contributed by atoms with Crippen LogP contribution in [0, 0.1) is 5.92 Å². The van der Waals surface area contributed by atoms with E-state index in [1.54, 1.807) is 20.8 Å². The average Bonchev–Trinajstić information content (AvgIpc) is 2.27. The van der Waals surface area contributed by atoms with Gasteiger partial charge in [0.05, 0.1) is 5.92 Å². The lowest BCUT2D eigenvalue weighted by atomic mass is 10.00. The van der Waals surface area contributed by atoms with Crippen LogP contribution >= 0.6 is 0 Å². The van der Waals surface area contributed by atoms with Crippen molar-refractivity contribution < 1.29 is 24.5 Å². The van der Waals surface area contributed by atoms with E-state index >= 15 is 0 Å². The Morgan fingerprint density at radius 2 is 1.74 bits per heavy atom. The molecule has 114 valence electrons. The van der Waals surface area contributed by atoms with E-state index in [9.17, 15) is 9.59 Å². The van der Waals surface area contributed by atoms with E-state index in [4.69, 9.17) is 5.11 Å². The first kappa shape index (κ1) is 20.2. The molecule has 0 aromatic rings. The largest absolute Gasteiger partial charge is 0.481 e. The Hall–Kier alpha value is -1.10. The first-order valence-electron chi connectivity index (χ1n) is 6.73. The molecule has 0 aliphatic rings. The van der Waals surface area contributed by atoms with Crippen LogP contribution in [0.4, 0.5) is 0 Å². The maximum Gasteiger partial charge on any atom is 0.339 e. The van der Waals surface area contributed by atoms with Gasteiger partial charge < -0.3 is 5.11 Å². The van der Waals surface area contributed by atoms with Gasteiger partial charge in [0.2, 0.25) is 0 Å². The van der Waals surface area contributed by atoms with Crippen LogP contribution in [-0.4, -0.2) is 22.6 Å². The summed E-state index contributed by atoms with van der Waals surface area (Å²) in [5, 5.41) is 8.60. The van der Waals surface area contributed by atoms with Gasteiger partial charge in [0, 0.05) is 6.92 Å². The summed E-state index contributed by atoms with van der Waals surface area (Å²) in [6.45, 7) is 10.7. The average molecular weight is 276 g/mol. The van der Waals surface area contributed by atoms with E-state index in [0.717, 1.165) is 25.7 Å². The smallest absolute Gasteiger partial charge is 0.339 e. The maximum atomic E-state index is 10.4. The lowest BCUT2D eigenvalue weighted by Gasteiger charge is -2.15. The zero-order valence-electron chi connectivity index (χ0n) is 13.0. The quantitative estimate of drug-likeness (QED) is 0.593. The number of hydrogen-bond acceptors (Lipinski definition) is 4. The summed E-state index contributed by atoms with van der Waals surface area (Å²) in [6, 6.07) is 0. The Labute approximate surface area is 116 Å². The molecule has 0 rings (SSSR count). The zero-order valence-corrected chi connectivity index (χ0v) is 13.0. The number of hydrogen-bond donors (Lipinski definition) is 1. The van der Waals surface area contributed by atoms with Crippen molar-refractivity contribution in [1.29, 1.82) is 0 Å². The second-order valence-electron chi connectivity index (χ2n) is 5.36. The minimum atomic E-state index is -0.643. The van der Waals surface area contributed by atoms with Gasteiger partial charge in [0.15, 0.2) is 0 Å². The van der Waals surface area contributed by atoms with Crippen LogP contribution < -0.4 is 0 Å². The lowest BCUT2D eigenvalue weighted by molar-refractivity contribution is -0.318. The number of rotatable bonds is 6. The molecule has 0 aromatic carbocycles. The fourth-order valence-electron chi connectivity index (χ4n) is 1.14. The fourth-order valence-corrected chi connectivity index (χ4v) is 1.14. The Morgan fingerprint density at radius 1 is 1.21 bits per heavy atom. The van der Waals surface area contributed by atoms with Crippen molar-refractivity contribution in [3.05, 3.63) is 0 Å². The molecule has 0 amide bonds. The van der Waals surface area contributed by atoms with Gasteiger partial charge in [-0.1, -0.05) is 26.7 Å². The number of aliphatic carboxylic acids is 1. The molecule has 0 heterocycles.